The number of aliphatic hydroxyl groups excluding tert-OH is 1. The molecule has 0 spiro atoms. The molecule has 35 nitrogen and oxygen atoms in total. The van der Waals surface area contributed by atoms with E-state index in [0.717, 1.165) is 0 Å². The van der Waals surface area contributed by atoms with Crippen LogP contribution < -0.4 is 97.8 Å². The number of thiol groups is 1. The van der Waals surface area contributed by atoms with E-state index in [1.165, 1.54) is 0 Å². The molecule has 0 aliphatic rings. The third kappa shape index (κ3) is 35.3. The smallest absolute Gasteiger partial charge is 0.326 e. The van der Waals surface area contributed by atoms with Gasteiger partial charge in [-0.15, -0.1) is 0 Å². The summed E-state index contributed by atoms with van der Waals surface area (Å²) in [7, 11) is 0. The second kappa shape index (κ2) is 49.6. The molecule has 25 N–H and O–H groups in total. The number of carbonyl (C=O) groups excluding carboxylic acids is 13. The Balaban J connectivity index is 6.55. The van der Waals surface area contributed by atoms with Crippen molar-refractivity contribution in [1.29, 1.82) is 0 Å². The van der Waals surface area contributed by atoms with Crippen LogP contribution in [0.4, 0.5) is 0 Å². The van der Waals surface area contributed by atoms with Crippen LogP contribution in [0.2, 0.25) is 0 Å². The SMILES string of the molecule is CC[C@@H](C)[C@@H](NC(=O)[C@H](NC(=O)[C@@H](CC(C)C)NC(=O)[C@@H](CO)NC(=O)CNC(=O)[C@H](N)CCCCN)C(C)C)C(=O)N[C@@H](CCCN=C(N)N)C(=O)NCC(=O)N[C@@H](C(=O)N[C@@H](C(=O)N[C@@H](C(=O)N[C@@H](C(=O)N[C@@H](CS)C(=O)N[C@@H](CCCCN)C(=O)O)C(C)C)C(C)C)[C@H](C)CC)C(C)C. The zero-order valence-corrected chi connectivity index (χ0v) is 63.0. The summed E-state index contributed by atoms with van der Waals surface area (Å²) in [6.45, 7) is 22.0. The molecule has 0 aliphatic carbocycles. The minimum atomic E-state index is -1.56. The predicted octanol–water partition coefficient (Wildman–Crippen LogP) is -4.04. The molecule has 0 saturated heterocycles. The number of hydrogen-bond donors (Lipinski definition) is 21. The number of guanidine groups is 1. The second-order valence-corrected chi connectivity index (χ2v) is 27.8. The number of nitrogens with two attached hydrogens (primary N) is 5. The number of amides is 13. The molecule has 0 fully saturated rings. The highest BCUT2D eigenvalue weighted by atomic mass is 32.1. The highest BCUT2D eigenvalue weighted by Gasteiger charge is 2.39. The molecule has 0 aromatic carbocycles. The first-order chi connectivity index (χ1) is 47.8. The molecule has 13 amide bonds. The van der Waals surface area contributed by atoms with E-state index in [1.54, 1.807) is 96.9 Å². The Bertz CT molecular complexity index is 2760. The number of aliphatic carboxylic acids is 1. The van der Waals surface area contributed by atoms with E-state index in [0.29, 0.717) is 58.0 Å². The van der Waals surface area contributed by atoms with Crippen molar-refractivity contribution in [2.75, 3.05) is 45.1 Å². The molecule has 0 rings (SSSR count). The predicted molar refractivity (Wildman–Crippen MR) is 387 cm³/mol. The van der Waals surface area contributed by atoms with E-state index >= 15 is 0 Å². The van der Waals surface area contributed by atoms with Crippen LogP contribution in [-0.2, 0) is 67.1 Å². The normalized spacial score (nSPS) is 15.5. The summed E-state index contributed by atoms with van der Waals surface area (Å²) in [5.41, 5.74) is 28.0. The van der Waals surface area contributed by atoms with Crippen LogP contribution in [0.15, 0.2) is 4.99 Å². The number of hydrogen-bond acceptors (Lipinski definition) is 20. The summed E-state index contributed by atoms with van der Waals surface area (Å²) < 4.78 is 0. The topological polar surface area (TPSA) is 578 Å². The summed E-state index contributed by atoms with van der Waals surface area (Å²) in [4.78, 5) is 195. The lowest BCUT2D eigenvalue weighted by Gasteiger charge is -2.31. The molecule has 0 unspecified atom stereocenters. The van der Waals surface area contributed by atoms with Crippen LogP contribution in [0.25, 0.3) is 0 Å². The van der Waals surface area contributed by atoms with Crippen molar-refractivity contribution in [3.8, 4) is 0 Å². The number of nitrogens with one attached hydrogen (secondary N) is 13. The van der Waals surface area contributed by atoms with Gasteiger partial charge in [-0.05, 0) is 106 Å². The Morgan fingerprint density at radius 2 is 0.755 bits per heavy atom. The van der Waals surface area contributed by atoms with E-state index in [1.807, 2.05) is 0 Å². The van der Waals surface area contributed by atoms with Crippen molar-refractivity contribution in [3.63, 3.8) is 0 Å². The summed E-state index contributed by atoms with van der Waals surface area (Å²) in [6, 6.07) is -15.5. The molecule has 0 aromatic heterocycles. The summed E-state index contributed by atoms with van der Waals surface area (Å²) in [6.07, 6.45) is 3.36. The highest BCUT2D eigenvalue weighted by Crippen LogP contribution is 2.16. The van der Waals surface area contributed by atoms with E-state index < -0.39 is 210 Å². The van der Waals surface area contributed by atoms with Crippen molar-refractivity contribution < 1.29 is 77.3 Å². The Kier molecular flexibility index (Phi) is 45.7. The second-order valence-electron chi connectivity index (χ2n) is 27.5. The van der Waals surface area contributed by atoms with Crippen LogP contribution in [0, 0.1) is 41.4 Å². The molecule has 0 heterocycles. The number of aliphatic imine (C=N–C) groups is 1. The van der Waals surface area contributed by atoms with E-state index in [2.05, 4.69) is 86.7 Å². The Labute approximate surface area is 605 Å². The van der Waals surface area contributed by atoms with Gasteiger partial charge < -0.3 is 108 Å². The fourth-order valence-electron chi connectivity index (χ4n) is 10.1. The summed E-state index contributed by atoms with van der Waals surface area (Å²) in [5.74, 6) is -16.0. The molecule has 0 aromatic rings. The maximum Gasteiger partial charge on any atom is 0.326 e. The highest BCUT2D eigenvalue weighted by molar-refractivity contribution is 7.80. The lowest BCUT2D eigenvalue weighted by Crippen LogP contribution is -2.62. The minimum absolute atomic E-state index is 0.0175. The van der Waals surface area contributed by atoms with E-state index in [-0.39, 0.29) is 49.9 Å². The maximum atomic E-state index is 14.4. The molecular formula is C66H123N19O16S. The lowest BCUT2D eigenvalue weighted by atomic mass is 9.95. The monoisotopic (exact) mass is 1470 g/mol. The van der Waals surface area contributed by atoms with Gasteiger partial charge in [0.1, 0.15) is 66.5 Å². The van der Waals surface area contributed by atoms with Gasteiger partial charge in [0.15, 0.2) is 5.96 Å². The number of carboxylic acid groups (broad SMARTS) is 1. The van der Waals surface area contributed by atoms with Crippen LogP contribution in [0.5, 0.6) is 0 Å². The average molecular weight is 1470 g/mol. The Morgan fingerprint density at radius 1 is 0.402 bits per heavy atom. The number of unbranched alkanes of at least 4 members (excludes halogenated alkanes) is 2. The maximum absolute atomic E-state index is 14.4. The number of nitrogens with zero attached hydrogens (tertiary/aromatic N) is 1. The van der Waals surface area contributed by atoms with Crippen LogP contribution >= 0.6 is 12.6 Å². The van der Waals surface area contributed by atoms with Gasteiger partial charge in [-0.25, -0.2) is 4.79 Å². The first-order valence-electron chi connectivity index (χ1n) is 35.3. The minimum Gasteiger partial charge on any atom is -0.480 e. The molecule has 36 heteroatoms. The first kappa shape index (κ1) is 94.0. The van der Waals surface area contributed by atoms with Gasteiger partial charge in [-0.3, -0.25) is 67.3 Å². The average Bonchev–Trinajstić information content (AvgIpc) is 0.848. The van der Waals surface area contributed by atoms with Gasteiger partial charge in [0.25, 0.3) is 0 Å². The molecule has 0 saturated carbocycles. The molecule has 0 aliphatic heterocycles. The van der Waals surface area contributed by atoms with E-state index in [4.69, 9.17) is 28.7 Å². The zero-order valence-electron chi connectivity index (χ0n) is 62.1. The van der Waals surface area contributed by atoms with Gasteiger partial charge in [0.05, 0.1) is 25.7 Å². The van der Waals surface area contributed by atoms with Crippen molar-refractivity contribution in [3.05, 3.63) is 0 Å². The zero-order chi connectivity index (χ0) is 78.3. The Hall–Kier alpha value is -7.96. The molecule has 102 heavy (non-hydrogen) atoms. The van der Waals surface area contributed by atoms with Gasteiger partial charge in [-0.2, -0.15) is 12.6 Å². The number of aliphatic hydroxyl groups is 1. The third-order valence-electron chi connectivity index (χ3n) is 16.9. The summed E-state index contributed by atoms with van der Waals surface area (Å²) in [5, 5.41) is 53.3. The lowest BCUT2D eigenvalue weighted by molar-refractivity contribution is -0.142. The van der Waals surface area contributed by atoms with Gasteiger partial charge in [0.2, 0.25) is 76.8 Å². The van der Waals surface area contributed by atoms with E-state index in [9.17, 15) is 77.3 Å². The number of carbonyl (C=O) groups is 14. The largest absolute Gasteiger partial charge is 0.480 e. The Morgan fingerprint density at radius 3 is 1.18 bits per heavy atom. The number of rotatable bonds is 51. The fraction of sp³-hybridized carbons (Fsp3) is 0.773. The molecule has 584 valence electrons. The number of carboxylic acids is 1. The third-order valence-corrected chi connectivity index (χ3v) is 17.2. The van der Waals surface area contributed by atoms with Crippen molar-refractivity contribution in [1.82, 2.24) is 69.1 Å². The van der Waals surface area contributed by atoms with Crippen molar-refractivity contribution in [2.45, 2.75) is 240 Å². The van der Waals surface area contributed by atoms with Crippen molar-refractivity contribution >= 4 is 101 Å². The molecule has 0 bridgehead atoms. The molecule has 14 atom stereocenters. The van der Waals surface area contributed by atoms with Gasteiger partial charge >= 0.3 is 5.97 Å². The molecule has 0 radical (unpaired) electrons. The van der Waals surface area contributed by atoms with Crippen LogP contribution in [0.1, 0.15) is 168 Å². The quantitative estimate of drug-likeness (QED) is 0.0119. The fourth-order valence-corrected chi connectivity index (χ4v) is 10.4. The van der Waals surface area contributed by atoms with Crippen LogP contribution in [0.3, 0.4) is 0 Å². The molecular weight excluding hydrogens is 1350 g/mol. The summed E-state index contributed by atoms with van der Waals surface area (Å²) >= 11 is 4.20. The van der Waals surface area contributed by atoms with Crippen LogP contribution in [-0.4, -0.2) is 217 Å². The van der Waals surface area contributed by atoms with Gasteiger partial charge in [-0.1, -0.05) is 116 Å². The van der Waals surface area contributed by atoms with Gasteiger partial charge in [0, 0.05) is 12.3 Å². The van der Waals surface area contributed by atoms with Crippen molar-refractivity contribution in [2.24, 2.45) is 75.1 Å². The standard InChI is InChI=1S/C66H123N19O16S/c1-15-38(13)52(84-62(97)50(36(9)10)81-56(91)43(28-33(3)4)78-57(92)44(31-86)75-46(87)29-73-54(89)40(69)22-17-19-25-67)63(98)76-41(24-21-27-72-66(70)71)55(90)74-30-47(88)80-48(34(5)6)60(95)85-53(39(14)16-2)64(99)83-51(37(11)12)61(96)82-49(35(7)8)59(94)79-45(32-102)58(93)77-42(65(100)101)23-18-20-26-68/h33-45,48-53,86,102H,15-32,67-69H2,1-14H3,(H,73,89)(H,74,90)(H,75,87)(H,76,98)(H,77,93)(H,78,92)(H,79,94)(H,80,88)(H,81,91)(H,82,96)(H,83,99)(H,84,97)(H,85,95)(H,100,101)(H4,70,71,72)/t38-,39-,40-,41+,42+,43-,44-,45+,48-,49-,50-,51-,52-,53-/m1/s1. The first-order valence-corrected chi connectivity index (χ1v) is 35.9.